The number of rotatable bonds is 4. The lowest BCUT2D eigenvalue weighted by atomic mass is 10.2. The van der Waals surface area contributed by atoms with Gasteiger partial charge < -0.3 is 10.1 Å². The van der Waals surface area contributed by atoms with Crippen molar-refractivity contribution in [3.63, 3.8) is 0 Å². The summed E-state index contributed by atoms with van der Waals surface area (Å²) in [5.41, 5.74) is -2.78. The average Bonchev–Trinajstić information content (AvgIpc) is 3.19. The second-order valence-corrected chi connectivity index (χ2v) is 5.41. The molecule has 0 atom stereocenters. The molecule has 1 aliphatic carbocycles. The van der Waals surface area contributed by atoms with E-state index in [1.165, 1.54) is 0 Å². The normalized spacial score (nSPS) is 16.4. The molecule has 21 heavy (non-hydrogen) atoms. The van der Waals surface area contributed by atoms with E-state index in [2.05, 4.69) is 31.1 Å². The van der Waals surface area contributed by atoms with Crippen LogP contribution in [0.2, 0.25) is 0 Å². The Bertz CT molecular complexity index is 625. The number of hydrogen-bond donors (Lipinski definition) is 1. The number of esters is 1. The zero-order chi connectivity index (χ0) is 15.8. The fourth-order valence-electron chi connectivity index (χ4n) is 1.71. The Balaban J connectivity index is 2.26. The van der Waals surface area contributed by atoms with Gasteiger partial charge in [-0.25, -0.2) is 4.68 Å². The van der Waals surface area contributed by atoms with Crippen LogP contribution in [0.3, 0.4) is 0 Å². The summed E-state index contributed by atoms with van der Waals surface area (Å²) in [6, 6.07) is 0. The monoisotopic (exact) mass is 369 g/mol. The Morgan fingerprint density at radius 1 is 1.57 bits per heavy atom. The molecular formula is C11H11BrF3N3O3. The Morgan fingerprint density at radius 3 is 2.67 bits per heavy atom. The molecule has 0 radical (unpaired) electrons. The van der Waals surface area contributed by atoms with E-state index in [4.69, 9.17) is 0 Å². The topological polar surface area (TPSA) is 73.2 Å². The van der Waals surface area contributed by atoms with Crippen molar-refractivity contribution < 1.29 is 22.7 Å². The van der Waals surface area contributed by atoms with E-state index in [0.29, 0.717) is 0 Å². The van der Waals surface area contributed by atoms with Gasteiger partial charge in [-0.1, -0.05) is 0 Å². The van der Waals surface area contributed by atoms with Crippen LogP contribution >= 0.6 is 15.9 Å². The van der Waals surface area contributed by atoms with Gasteiger partial charge in [0.15, 0.2) is 0 Å². The zero-order valence-electron chi connectivity index (χ0n) is 10.8. The van der Waals surface area contributed by atoms with E-state index in [-0.39, 0.29) is 23.0 Å². The highest BCUT2D eigenvalue weighted by Crippen LogP contribution is 2.51. The summed E-state index contributed by atoms with van der Waals surface area (Å²) in [7, 11) is 1.15. The maximum atomic E-state index is 12.9. The van der Waals surface area contributed by atoms with Gasteiger partial charge in [0, 0.05) is 0 Å². The smallest absolute Gasteiger partial charge is 0.411 e. The highest BCUT2D eigenvalue weighted by molar-refractivity contribution is 9.10. The molecule has 1 saturated carbocycles. The van der Waals surface area contributed by atoms with Crippen molar-refractivity contribution in [1.29, 1.82) is 0 Å². The van der Waals surface area contributed by atoms with Gasteiger partial charge in [0.05, 0.1) is 19.0 Å². The third kappa shape index (κ3) is 3.04. The first-order chi connectivity index (χ1) is 9.70. The third-order valence-corrected chi connectivity index (χ3v) is 3.92. The van der Waals surface area contributed by atoms with Crippen molar-refractivity contribution in [1.82, 2.24) is 9.78 Å². The molecule has 0 aliphatic heterocycles. The highest BCUT2D eigenvalue weighted by atomic mass is 79.9. The van der Waals surface area contributed by atoms with E-state index in [9.17, 15) is 22.8 Å². The van der Waals surface area contributed by atoms with Crippen LogP contribution in [0.25, 0.3) is 0 Å². The van der Waals surface area contributed by atoms with Crippen LogP contribution in [0.1, 0.15) is 12.8 Å². The van der Waals surface area contributed by atoms with E-state index < -0.39 is 29.8 Å². The number of nitrogens with zero attached hydrogens (tertiary/aromatic N) is 2. The van der Waals surface area contributed by atoms with Crippen molar-refractivity contribution >= 4 is 27.6 Å². The van der Waals surface area contributed by atoms with Crippen molar-refractivity contribution in [3.8, 4) is 0 Å². The van der Waals surface area contributed by atoms with E-state index in [1.807, 2.05) is 0 Å². The summed E-state index contributed by atoms with van der Waals surface area (Å²) in [5.74, 6) is -0.689. The Kier molecular flexibility index (Phi) is 4.00. The molecular weight excluding hydrogens is 359 g/mol. The molecule has 1 N–H and O–H groups in total. The van der Waals surface area contributed by atoms with Gasteiger partial charge in [-0.2, -0.15) is 18.3 Å². The van der Waals surface area contributed by atoms with E-state index in [0.717, 1.165) is 18.0 Å². The molecule has 1 fully saturated rings. The molecule has 0 unspecified atom stereocenters. The minimum absolute atomic E-state index is 0.0593. The lowest BCUT2D eigenvalue weighted by Crippen LogP contribution is -2.39. The van der Waals surface area contributed by atoms with Crippen molar-refractivity contribution in [2.45, 2.75) is 31.1 Å². The molecule has 6 nitrogen and oxygen atoms in total. The Hall–Kier alpha value is -1.58. The van der Waals surface area contributed by atoms with Crippen molar-refractivity contribution in [2.75, 3.05) is 12.4 Å². The predicted molar refractivity (Wildman–Crippen MR) is 69.9 cm³/mol. The van der Waals surface area contributed by atoms with Gasteiger partial charge in [0.25, 0.3) is 5.56 Å². The van der Waals surface area contributed by atoms with Gasteiger partial charge in [-0.3, -0.25) is 9.59 Å². The molecule has 1 aromatic heterocycles. The minimum Gasteiger partial charge on any atom is -0.468 e. The molecule has 116 valence electrons. The molecule has 1 heterocycles. The van der Waals surface area contributed by atoms with Crippen LogP contribution in [-0.4, -0.2) is 34.6 Å². The van der Waals surface area contributed by atoms with Gasteiger partial charge in [0.1, 0.15) is 16.6 Å². The van der Waals surface area contributed by atoms with Crippen LogP contribution in [-0.2, 0) is 16.1 Å². The fraction of sp³-hybridized carbons (Fsp3) is 0.545. The second-order valence-electron chi connectivity index (χ2n) is 4.62. The number of anilines is 1. The summed E-state index contributed by atoms with van der Waals surface area (Å²) in [6.45, 7) is -0.418. The molecule has 0 bridgehead atoms. The van der Waals surface area contributed by atoms with E-state index in [1.54, 1.807) is 0 Å². The molecule has 0 saturated heterocycles. The standard InChI is InChI=1S/C11H11BrF3N3O3/c1-21-7(19)5-18-9(20)8(12)6(4-16-18)17-10(2-3-10)11(13,14)15/h4,17H,2-3,5H2,1H3. The first-order valence-corrected chi connectivity index (χ1v) is 6.67. The second kappa shape index (κ2) is 5.32. The van der Waals surface area contributed by atoms with Crippen molar-refractivity contribution in [3.05, 3.63) is 21.0 Å². The minimum atomic E-state index is -4.41. The highest BCUT2D eigenvalue weighted by Gasteiger charge is 2.63. The summed E-state index contributed by atoms with van der Waals surface area (Å²) in [4.78, 5) is 23.0. The van der Waals surface area contributed by atoms with Gasteiger partial charge >= 0.3 is 12.1 Å². The first kappa shape index (κ1) is 15.8. The van der Waals surface area contributed by atoms with Crippen LogP contribution in [0.15, 0.2) is 15.5 Å². The zero-order valence-corrected chi connectivity index (χ0v) is 12.4. The number of halogens is 4. The Labute approximate surface area is 125 Å². The summed E-state index contributed by atoms with van der Waals surface area (Å²) in [6.07, 6.45) is -3.46. The number of carbonyl (C=O) groups is 1. The number of methoxy groups -OCH3 is 1. The van der Waals surface area contributed by atoms with Crippen molar-refractivity contribution in [2.24, 2.45) is 0 Å². The number of hydrogen-bond acceptors (Lipinski definition) is 5. The predicted octanol–water partition coefficient (Wildman–Crippen LogP) is 1.69. The number of carbonyl (C=O) groups excluding carboxylic acids is 1. The van der Waals surface area contributed by atoms with Crippen LogP contribution in [0.4, 0.5) is 18.9 Å². The molecule has 0 amide bonds. The summed E-state index contributed by atoms with van der Waals surface area (Å²) < 4.78 is 43.7. The third-order valence-electron chi connectivity index (χ3n) is 3.16. The lowest BCUT2D eigenvalue weighted by Gasteiger charge is -2.22. The molecule has 1 aliphatic rings. The van der Waals surface area contributed by atoms with Crippen LogP contribution in [0.5, 0.6) is 0 Å². The number of nitrogens with one attached hydrogen (secondary N) is 1. The maximum Gasteiger partial charge on any atom is 0.411 e. The van der Waals surface area contributed by atoms with Gasteiger partial charge in [-0.05, 0) is 28.8 Å². The molecule has 2 rings (SSSR count). The fourth-order valence-corrected chi connectivity index (χ4v) is 2.12. The molecule has 0 aromatic carbocycles. The number of aromatic nitrogens is 2. The van der Waals surface area contributed by atoms with Gasteiger partial charge in [0.2, 0.25) is 0 Å². The first-order valence-electron chi connectivity index (χ1n) is 5.87. The molecule has 0 spiro atoms. The quantitative estimate of drug-likeness (QED) is 0.817. The average molecular weight is 370 g/mol. The van der Waals surface area contributed by atoms with E-state index >= 15 is 0 Å². The summed E-state index contributed by atoms with van der Waals surface area (Å²) in [5, 5.41) is 5.97. The number of ether oxygens (including phenoxy) is 1. The SMILES string of the molecule is COC(=O)Cn1ncc(NC2(C(F)(F)F)CC2)c(Br)c1=O. The largest absolute Gasteiger partial charge is 0.468 e. The molecule has 1 aromatic rings. The Morgan fingerprint density at radius 2 is 2.19 bits per heavy atom. The lowest BCUT2D eigenvalue weighted by molar-refractivity contribution is -0.151. The van der Waals surface area contributed by atoms with Crippen LogP contribution in [0, 0.1) is 0 Å². The summed E-state index contributed by atoms with van der Waals surface area (Å²) >= 11 is 2.93. The van der Waals surface area contributed by atoms with Crippen LogP contribution < -0.4 is 10.9 Å². The van der Waals surface area contributed by atoms with Gasteiger partial charge in [-0.15, -0.1) is 0 Å². The maximum absolute atomic E-state index is 12.9. The molecule has 10 heteroatoms. The number of alkyl halides is 3.